The van der Waals surface area contributed by atoms with E-state index in [2.05, 4.69) is 31.7 Å². The maximum atomic E-state index is 13.5. The Morgan fingerprint density at radius 3 is 3.00 bits per heavy atom. The number of nitrogens with one attached hydrogen (secondary N) is 2. The third-order valence-electron chi connectivity index (χ3n) is 2.24. The third-order valence-corrected chi connectivity index (χ3v) is 2.73. The number of ether oxygens (including phenoxy) is 1. The molecule has 7 heteroatoms. The van der Waals surface area contributed by atoms with E-state index in [1.807, 2.05) is 6.92 Å². The molecule has 1 aromatic rings. The Morgan fingerprint density at radius 2 is 2.32 bits per heavy atom. The maximum Gasteiger partial charge on any atom is 0.210 e. The van der Waals surface area contributed by atoms with Gasteiger partial charge in [0.25, 0.3) is 0 Å². The van der Waals surface area contributed by atoms with Crippen molar-refractivity contribution in [1.82, 2.24) is 5.43 Å². The summed E-state index contributed by atoms with van der Waals surface area (Å²) in [7, 11) is 0. The summed E-state index contributed by atoms with van der Waals surface area (Å²) in [6, 6.07) is 4.59. The number of anilines is 1. The van der Waals surface area contributed by atoms with E-state index in [-0.39, 0.29) is 5.82 Å². The Bertz CT molecular complexity index is 428. The van der Waals surface area contributed by atoms with Crippen LogP contribution in [0.2, 0.25) is 0 Å². The van der Waals surface area contributed by atoms with Crippen LogP contribution in [0.5, 0.6) is 0 Å². The van der Waals surface area contributed by atoms with Gasteiger partial charge in [0.15, 0.2) is 0 Å². The molecule has 0 saturated heterocycles. The average Bonchev–Trinajstić information content (AvgIpc) is 2.41. The minimum absolute atomic E-state index is 0.302. The summed E-state index contributed by atoms with van der Waals surface area (Å²) in [5, 5.41) is 2.80. The predicted octanol–water partition coefficient (Wildman–Crippen LogP) is 2.25. The van der Waals surface area contributed by atoms with Crippen molar-refractivity contribution >= 4 is 27.6 Å². The zero-order valence-electron chi connectivity index (χ0n) is 10.7. The largest absolute Gasteiger partial charge is 0.382 e. The number of guanidine groups is 1. The Hall–Kier alpha value is -1.18. The zero-order valence-corrected chi connectivity index (χ0v) is 12.3. The van der Waals surface area contributed by atoms with Crippen molar-refractivity contribution in [3.8, 4) is 0 Å². The van der Waals surface area contributed by atoms with Gasteiger partial charge in [0.2, 0.25) is 5.96 Å². The molecule has 0 bridgehead atoms. The smallest absolute Gasteiger partial charge is 0.210 e. The molecule has 0 unspecified atom stereocenters. The van der Waals surface area contributed by atoms with Crippen LogP contribution in [0, 0.1) is 5.82 Å². The van der Waals surface area contributed by atoms with Crippen LogP contribution in [0.3, 0.4) is 0 Å². The van der Waals surface area contributed by atoms with Gasteiger partial charge >= 0.3 is 0 Å². The molecule has 0 spiro atoms. The Morgan fingerprint density at radius 1 is 1.53 bits per heavy atom. The molecule has 4 N–H and O–H groups in total. The van der Waals surface area contributed by atoms with Crippen molar-refractivity contribution < 1.29 is 9.13 Å². The van der Waals surface area contributed by atoms with Gasteiger partial charge < -0.3 is 10.1 Å². The number of nitrogens with zero attached hydrogens (tertiary/aromatic N) is 1. The number of halogens is 2. The molecule has 0 amide bonds. The molecule has 106 valence electrons. The molecule has 1 aromatic carbocycles. The van der Waals surface area contributed by atoms with Gasteiger partial charge in [0.05, 0.1) is 5.69 Å². The van der Waals surface area contributed by atoms with Crippen LogP contribution < -0.4 is 16.6 Å². The fraction of sp³-hybridized carbons (Fsp3) is 0.417. The Balaban J connectivity index is 2.55. The summed E-state index contributed by atoms with van der Waals surface area (Å²) in [6.45, 7) is 3.81. The van der Waals surface area contributed by atoms with E-state index in [1.165, 1.54) is 6.07 Å². The Labute approximate surface area is 120 Å². The second-order valence-electron chi connectivity index (χ2n) is 3.67. The van der Waals surface area contributed by atoms with Crippen LogP contribution in [-0.4, -0.2) is 25.7 Å². The highest BCUT2D eigenvalue weighted by molar-refractivity contribution is 9.10. The van der Waals surface area contributed by atoms with Crippen LogP contribution in [0.25, 0.3) is 0 Å². The fourth-order valence-electron chi connectivity index (χ4n) is 1.34. The quantitative estimate of drug-likeness (QED) is 0.245. The van der Waals surface area contributed by atoms with Crippen LogP contribution in [-0.2, 0) is 4.74 Å². The summed E-state index contributed by atoms with van der Waals surface area (Å²) in [5.74, 6) is 5.28. The first-order chi connectivity index (χ1) is 9.17. The van der Waals surface area contributed by atoms with Gasteiger partial charge in [0, 0.05) is 24.2 Å². The molecule has 0 saturated carbocycles. The highest BCUT2D eigenvalue weighted by Gasteiger charge is 2.04. The van der Waals surface area contributed by atoms with Crippen molar-refractivity contribution in [2.45, 2.75) is 13.3 Å². The number of hydrogen-bond donors (Lipinski definition) is 3. The summed E-state index contributed by atoms with van der Waals surface area (Å²) >= 11 is 3.27. The SMILES string of the molecule is CCOCCCN=C(NN)Nc1cc(Br)ccc1F. The monoisotopic (exact) mass is 332 g/mol. The predicted molar refractivity (Wildman–Crippen MR) is 78.5 cm³/mol. The van der Waals surface area contributed by atoms with Crippen molar-refractivity contribution in [3.63, 3.8) is 0 Å². The van der Waals surface area contributed by atoms with Gasteiger partial charge in [0.1, 0.15) is 5.82 Å². The summed E-state index contributed by atoms with van der Waals surface area (Å²) < 4.78 is 19.5. The van der Waals surface area contributed by atoms with E-state index in [4.69, 9.17) is 10.6 Å². The van der Waals surface area contributed by atoms with E-state index >= 15 is 0 Å². The number of nitrogens with two attached hydrogens (primary N) is 1. The average molecular weight is 333 g/mol. The van der Waals surface area contributed by atoms with Crippen LogP contribution in [0.15, 0.2) is 27.7 Å². The van der Waals surface area contributed by atoms with Crippen molar-refractivity contribution in [3.05, 3.63) is 28.5 Å². The highest BCUT2D eigenvalue weighted by atomic mass is 79.9. The molecule has 0 aliphatic carbocycles. The second-order valence-corrected chi connectivity index (χ2v) is 4.59. The molecule has 0 radical (unpaired) electrons. The lowest BCUT2D eigenvalue weighted by Gasteiger charge is -2.10. The summed E-state index contributed by atoms with van der Waals surface area (Å²) in [5.41, 5.74) is 2.71. The normalized spacial score (nSPS) is 11.5. The molecule has 0 atom stereocenters. The molecular weight excluding hydrogens is 315 g/mol. The number of rotatable bonds is 6. The maximum absolute atomic E-state index is 13.5. The zero-order chi connectivity index (χ0) is 14.1. The van der Waals surface area contributed by atoms with Gasteiger partial charge in [-0.1, -0.05) is 15.9 Å². The number of benzene rings is 1. The van der Waals surface area contributed by atoms with E-state index in [1.54, 1.807) is 12.1 Å². The van der Waals surface area contributed by atoms with Crippen molar-refractivity contribution in [2.24, 2.45) is 10.8 Å². The lowest BCUT2D eigenvalue weighted by Crippen LogP contribution is -2.36. The number of aliphatic imine (C=N–C) groups is 1. The summed E-state index contributed by atoms with van der Waals surface area (Å²) in [6.07, 6.45) is 0.779. The minimum atomic E-state index is -0.375. The first kappa shape index (κ1) is 15.9. The number of hydrazine groups is 1. The fourth-order valence-corrected chi connectivity index (χ4v) is 1.70. The van der Waals surface area contributed by atoms with Crippen LogP contribution in [0.1, 0.15) is 13.3 Å². The van der Waals surface area contributed by atoms with Crippen molar-refractivity contribution in [2.75, 3.05) is 25.1 Å². The second kappa shape index (κ2) is 8.84. The van der Waals surface area contributed by atoms with Gasteiger partial charge in [-0.05, 0) is 31.5 Å². The summed E-state index contributed by atoms with van der Waals surface area (Å²) in [4.78, 5) is 4.19. The molecule has 0 aliphatic rings. The van der Waals surface area contributed by atoms with Crippen LogP contribution >= 0.6 is 15.9 Å². The minimum Gasteiger partial charge on any atom is -0.382 e. The molecular formula is C12H18BrFN4O. The molecule has 0 fully saturated rings. The van der Waals surface area contributed by atoms with Gasteiger partial charge in [-0.15, -0.1) is 0 Å². The molecule has 0 aliphatic heterocycles. The van der Waals surface area contributed by atoms with Gasteiger partial charge in [-0.25, -0.2) is 10.2 Å². The lowest BCUT2D eigenvalue weighted by molar-refractivity contribution is 0.146. The molecule has 0 aromatic heterocycles. The van der Waals surface area contributed by atoms with Gasteiger partial charge in [-0.3, -0.25) is 10.4 Å². The van der Waals surface area contributed by atoms with E-state index < -0.39 is 0 Å². The van der Waals surface area contributed by atoms with Crippen LogP contribution in [0.4, 0.5) is 10.1 Å². The Kier molecular flexibility index (Phi) is 7.39. The molecule has 0 heterocycles. The number of hydrogen-bond acceptors (Lipinski definition) is 3. The molecule has 5 nitrogen and oxygen atoms in total. The van der Waals surface area contributed by atoms with E-state index in [0.29, 0.717) is 31.4 Å². The van der Waals surface area contributed by atoms with Gasteiger partial charge in [-0.2, -0.15) is 0 Å². The lowest BCUT2D eigenvalue weighted by atomic mass is 10.3. The van der Waals surface area contributed by atoms with E-state index in [0.717, 1.165) is 10.9 Å². The third kappa shape index (κ3) is 6.00. The topological polar surface area (TPSA) is 71.7 Å². The molecule has 1 rings (SSSR count). The first-order valence-electron chi connectivity index (χ1n) is 5.98. The van der Waals surface area contributed by atoms with E-state index in [9.17, 15) is 4.39 Å². The molecule has 19 heavy (non-hydrogen) atoms. The van der Waals surface area contributed by atoms with Crippen molar-refractivity contribution in [1.29, 1.82) is 0 Å². The highest BCUT2D eigenvalue weighted by Crippen LogP contribution is 2.19. The first-order valence-corrected chi connectivity index (χ1v) is 6.77. The standard InChI is InChI=1S/C12H18BrFN4O/c1-2-19-7-3-6-16-12(18-15)17-11-8-9(13)4-5-10(11)14/h4-5,8H,2-3,6-7,15H2,1H3,(H2,16,17,18).